The van der Waals surface area contributed by atoms with Crippen molar-refractivity contribution >= 4 is 5.97 Å². The van der Waals surface area contributed by atoms with Crippen molar-refractivity contribution in [1.82, 2.24) is 5.32 Å². The summed E-state index contributed by atoms with van der Waals surface area (Å²) in [4.78, 5) is 11.5. The van der Waals surface area contributed by atoms with E-state index in [9.17, 15) is 9.18 Å². The Bertz CT molecular complexity index is 420. The second kappa shape index (κ2) is 5.82. The third-order valence-corrected chi connectivity index (χ3v) is 2.74. The normalized spacial score (nSPS) is 16.1. The number of carbonyl (C=O) groups excluding carboxylic acids is 1. The van der Waals surface area contributed by atoms with Crippen LogP contribution in [0.3, 0.4) is 0 Å². The molecule has 1 fully saturated rings. The highest BCUT2D eigenvalue weighted by molar-refractivity contribution is 5.75. The van der Waals surface area contributed by atoms with Crippen molar-refractivity contribution in [3.05, 3.63) is 30.1 Å². The third-order valence-electron chi connectivity index (χ3n) is 2.74. The molecular formula is C13H16FNO3. The SMILES string of the molecule is COC(=O)C(COc1ccccc1F)NC1CC1. The maximum absolute atomic E-state index is 13.3. The van der Waals surface area contributed by atoms with Crippen LogP contribution in [0.1, 0.15) is 12.8 Å². The summed E-state index contributed by atoms with van der Waals surface area (Å²) >= 11 is 0. The molecule has 18 heavy (non-hydrogen) atoms. The van der Waals surface area contributed by atoms with Gasteiger partial charge in [-0.3, -0.25) is 10.1 Å². The van der Waals surface area contributed by atoms with E-state index in [0.717, 1.165) is 12.8 Å². The number of nitrogens with one attached hydrogen (secondary N) is 1. The lowest BCUT2D eigenvalue weighted by Crippen LogP contribution is -2.43. The predicted molar refractivity (Wildman–Crippen MR) is 63.9 cm³/mol. The van der Waals surface area contributed by atoms with Gasteiger partial charge in [0.05, 0.1) is 7.11 Å². The number of para-hydroxylation sites is 1. The van der Waals surface area contributed by atoms with Crippen LogP contribution < -0.4 is 10.1 Å². The first-order chi connectivity index (χ1) is 8.70. The van der Waals surface area contributed by atoms with E-state index in [-0.39, 0.29) is 12.4 Å². The largest absolute Gasteiger partial charge is 0.488 e. The van der Waals surface area contributed by atoms with Crippen molar-refractivity contribution in [3.63, 3.8) is 0 Å². The third kappa shape index (κ3) is 3.43. The number of carbonyl (C=O) groups is 1. The molecule has 0 spiro atoms. The van der Waals surface area contributed by atoms with Crippen LogP contribution in [0.2, 0.25) is 0 Å². The lowest BCUT2D eigenvalue weighted by molar-refractivity contribution is -0.144. The zero-order chi connectivity index (χ0) is 13.0. The Hall–Kier alpha value is -1.62. The van der Waals surface area contributed by atoms with Gasteiger partial charge in [0.15, 0.2) is 11.6 Å². The van der Waals surface area contributed by atoms with E-state index in [2.05, 4.69) is 10.1 Å². The zero-order valence-electron chi connectivity index (χ0n) is 10.2. The molecule has 1 aliphatic carbocycles. The van der Waals surface area contributed by atoms with Crippen molar-refractivity contribution in [3.8, 4) is 5.75 Å². The number of hydrogen-bond acceptors (Lipinski definition) is 4. The highest BCUT2D eigenvalue weighted by atomic mass is 19.1. The number of esters is 1. The fourth-order valence-corrected chi connectivity index (χ4v) is 1.60. The molecule has 0 saturated heterocycles. The number of halogens is 1. The molecule has 1 atom stereocenters. The molecule has 0 heterocycles. The van der Waals surface area contributed by atoms with Gasteiger partial charge in [0.1, 0.15) is 12.6 Å². The summed E-state index contributed by atoms with van der Waals surface area (Å²) < 4.78 is 23.3. The van der Waals surface area contributed by atoms with E-state index in [1.807, 2.05) is 0 Å². The molecule has 1 aromatic rings. The molecule has 0 radical (unpaired) electrons. The minimum Gasteiger partial charge on any atom is -0.488 e. The van der Waals surface area contributed by atoms with Gasteiger partial charge in [0.25, 0.3) is 0 Å². The van der Waals surface area contributed by atoms with Gasteiger partial charge in [-0.15, -0.1) is 0 Å². The van der Waals surface area contributed by atoms with Crippen LogP contribution in [0.4, 0.5) is 4.39 Å². The molecule has 0 aromatic heterocycles. The molecule has 1 aromatic carbocycles. The van der Waals surface area contributed by atoms with E-state index >= 15 is 0 Å². The summed E-state index contributed by atoms with van der Waals surface area (Å²) in [5, 5.41) is 3.11. The van der Waals surface area contributed by atoms with Gasteiger partial charge in [0.2, 0.25) is 0 Å². The second-order valence-electron chi connectivity index (χ2n) is 4.26. The molecule has 4 nitrogen and oxygen atoms in total. The Labute approximate surface area is 105 Å². The molecule has 2 rings (SSSR count). The molecule has 1 saturated carbocycles. The lowest BCUT2D eigenvalue weighted by atomic mass is 10.3. The van der Waals surface area contributed by atoms with Crippen molar-refractivity contribution in [2.75, 3.05) is 13.7 Å². The first-order valence-electron chi connectivity index (χ1n) is 5.92. The maximum atomic E-state index is 13.3. The Kier molecular flexibility index (Phi) is 4.15. The van der Waals surface area contributed by atoms with E-state index in [4.69, 9.17) is 4.74 Å². The summed E-state index contributed by atoms with van der Waals surface area (Å²) in [5.74, 6) is -0.685. The number of rotatable bonds is 6. The standard InChI is InChI=1S/C13H16FNO3/c1-17-13(16)11(15-9-6-7-9)8-18-12-5-3-2-4-10(12)14/h2-5,9,11,15H,6-8H2,1H3. The highest BCUT2D eigenvalue weighted by Gasteiger charge is 2.29. The molecular weight excluding hydrogens is 237 g/mol. The summed E-state index contributed by atoms with van der Waals surface area (Å²) in [6.07, 6.45) is 2.10. The van der Waals surface area contributed by atoms with Crippen LogP contribution >= 0.6 is 0 Å². The average molecular weight is 253 g/mol. The van der Waals surface area contributed by atoms with Crippen molar-refractivity contribution in [2.24, 2.45) is 0 Å². The molecule has 1 unspecified atom stereocenters. The Balaban J connectivity index is 1.92. The monoisotopic (exact) mass is 253 g/mol. The number of methoxy groups -OCH3 is 1. The van der Waals surface area contributed by atoms with E-state index in [1.165, 1.54) is 19.2 Å². The molecule has 1 N–H and O–H groups in total. The van der Waals surface area contributed by atoms with E-state index in [0.29, 0.717) is 6.04 Å². The van der Waals surface area contributed by atoms with Gasteiger partial charge in [-0.05, 0) is 25.0 Å². The van der Waals surface area contributed by atoms with Gasteiger partial charge in [-0.1, -0.05) is 12.1 Å². The van der Waals surface area contributed by atoms with Crippen LogP contribution in [-0.2, 0) is 9.53 Å². The lowest BCUT2D eigenvalue weighted by Gasteiger charge is -2.17. The van der Waals surface area contributed by atoms with Gasteiger partial charge in [0, 0.05) is 6.04 Å². The second-order valence-corrected chi connectivity index (χ2v) is 4.26. The summed E-state index contributed by atoms with van der Waals surface area (Å²) in [6.45, 7) is 0.0596. The Morgan fingerprint density at radius 2 is 2.22 bits per heavy atom. The zero-order valence-corrected chi connectivity index (χ0v) is 10.2. The van der Waals surface area contributed by atoms with Crippen LogP contribution in [-0.4, -0.2) is 31.8 Å². The first-order valence-corrected chi connectivity index (χ1v) is 5.92. The molecule has 0 aliphatic heterocycles. The molecule has 0 amide bonds. The quantitative estimate of drug-likeness (QED) is 0.780. The molecule has 5 heteroatoms. The van der Waals surface area contributed by atoms with Crippen LogP contribution in [0.25, 0.3) is 0 Å². The van der Waals surface area contributed by atoms with Crippen molar-refractivity contribution in [2.45, 2.75) is 24.9 Å². The van der Waals surface area contributed by atoms with Gasteiger partial charge in [-0.2, -0.15) is 0 Å². The highest BCUT2D eigenvalue weighted by Crippen LogP contribution is 2.20. The molecule has 98 valence electrons. The Morgan fingerprint density at radius 3 is 2.83 bits per heavy atom. The van der Waals surface area contributed by atoms with E-state index < -0.39 is 17.8 Å². The summed E-state index contributed by atoms with van der Waals surface area (Å²) in [5.41, 5.74) is 0. The fraction of sp³-hybridized carbons (Fsp3) is 0.462. The van der Waals surface area contributed by atoms with E-state index in [1.54, 1.807) is 12.1 Å². The predicted octanol–water partition coefficient (Wildman–Crippen LogP) is 1.50. The van der Waals surface area contributed by atoms with Crippen LogP contribution in [0.15, 0.2) is 24.3 Å². The van der Waals surface area contributed by atoms with Crippen molar-refractivity contribution < 1.29 is 18.7 Å². The number of ether oxygens (including phenoxy) is 2. The Morgan fingerprint density at radius 1 is 1.50 bits per heavy atom. The van der Waals surface area contributed by atoms with Gasteiger partial charge < -0.3 is 9.47 Å². The molecule has 0 bridgehead atoms. The average Bonchev–Trinajstić information content (AvgIpc) is 3.19. The molecule has 1 aliphatic rings. The van der Waals surface area contributed by atoms with Gasteiger partial charge >= 0.3 is 5.97 Å². The van der Waals surface area contributed by atoms with Gasteiger partial charge in [-0.25, -0.2) is 4.39 Å². The smallest absolute Gasteiger partial charge is 0.326 e. The maximum Gasteiger partial charge on any atom is 0.326 e. The minimum atomic E-state index is -0.554. The topological polar surface area (TPSA) is 47.6 Å². The van der Waals surface area contributed by atoms with Crippen LogP contribution in [0, 0.1) is 5.82 Å². The number of hydrogen-bond donors (Lipinski definition) is 1. The van der Waals surface area contributed by atoms with Crippen LogP contribution in [0.5, 0.6) is 5.75 Å². The van der Waals surface area contributed by atoms with Crippen molar-refractivity contribution in [1.29, 1.82) is 0 Å². The fourth-order valence-electron chi connectivity index (χ4n) is 1.60. The summed E-state index contributed by atoms with van der Waals surface area (Å²) in [6, 6.07) is 5.90. The first kappa shape index (κ1) is 12.8. The summed E-state index contributed by atoms with van der Waals surface area (Å²) in [7, 11) is 1.33. The minimum absolute atomic E-state index is 0.0596. The number of benzene rings is 1.